The van der Waals surface area contributed by atoms with Crippen LogP contribution in [0.1, 0.15) is 51.4 Å². The van der Waals surface area contributed by atoms with Crippen LogP contribution in [0.25, 0.3) is 0 Å². The summed E-state index contributed by atoms with van der Waals surface area (Å²) >= 11 is 0. The predicted molar refractivity (Wildman–Crippen MR) is 58.2 cm³/mol. The molecule has 0 amide bonds. The molecule has 2 heteroatoms. The van der Waals surface area contributed by atoms with Crippen molar-refractivity contribution in [2.45, 2.75) is 63.5 Å². The van der Waals surface area contributed by atoms with Crippen molar-refractivity contribution in [3.8, 4) is 0 Å². The van der Waals surface area contributed by atoms with Crippen molar-refractivity contribution in [3.05, 3.63) is 0 Å². The first-order valence-electron chi connectivity index (χ1n) is 6.26. The molecule has 0 saturated heterocycles. The Balaban J connectivity index is 1.52. The van der Waals surface area contributed by atoms with E-state index in [1.807, 2.05) is 0 Å². The molecule has 0 atom stereocenters. The minimum atomic E-state index is -0.0142. The van der Waals surface area contributed by atoms with Gasteiger partial charge >= 0.3 is 0 Å². The topological polar surface area (TPSA) is 32.3 Å². The van der Waals surface area contributed by atoms with E-state index in [1.54, 1.807) is 0 Å². The third-order valence-electron chi connectivity index (χ3n) is 3.91. The second-order valence-corrected chi connectivity index (χ2v) is 5.05. The van der Waals surface area contributed by atoms with E-state index in [4.69, 9.17) is 0 Å². The number of nitrogens with one attached hydrogen (secondary N) is 1. The molecule has 0 heterocycles. The van der Waals surface area contributed by atoms with Gasteiger partial charge in [-0.15, -0.1) is 0 Å². The third kappa shape index (κ3) is 2.96. The van der Waals surface area contributed by atoms with Gasteiger partial charge in [-0.2, -0.15) is 0 Å². The van der Waals surface area contributed by atoms with Crippen LogP contribution in [0.2, 0.25) is 0 Å². The van der Waals surface area contributed by atoms with E-state index in [9.17, 15) is 5.11 Å². The molecule has 2 fully saturated rings. The van der Waals surface area contributed by atoms with Crippen LogP contribution in [0.4, 0.5) is 0 Å². The van der Waals surface area contributed by atoms with Gasteiger partial charge < -0.3 is 10.4 Å². The van der Waals surface area contributed by atoms with Crippen LogP contribution in [0.15, 0.2) is 0 Å². The molecule has 2 aliphatic rings. The Morgan fingerprint density at radius 2 is 1.71 bits per heavy atom. The Morgan fingerprint density at radius 1 is 1.00 bits per heavy atom. The molecule has 2 aliphatic carbocycles. The molecule has 0 unspecified atom stereocenters. The Kier molecular flexibility index (Phi) is 3.82. The Hall–Kier alpha value is -0.0800. The van der Waals surface area contributed by atoms with Gasteiger partial charge in [0.15, 0.2) is 0 Å². The molecule has 2 N–H and O–H groups in total. The molecule has 14 heavy (non-hydrogen) atoms. The van der Waals surface area contributed by atoms with E-state index in [2.05, 4.69) is 5.32 Å². The number of rotatable bonds is 4. The molecule has 2 rings (SSSR count). The zero-order chi connectivity index (χ0) is 9.80. The molecule has 0 aromatic heterocycles. The first kappa shape index (κ1) is 10.4. The maximum atomic E-state index is 9.36. The lowest BCUT2D eigenvalue weighted by Crippen LogP contribution is -2.36. The van der Waals surface area contributed by atoms with Crippen molar-refractivity contribution in [1.82, 2.24) is 5.32 Å². The Morgan fingerprint density at radius 3 is 2.29 bits per heavy atom. The normalized spacial score (nSPS) is 34.1. The molecule has 2 saturated carbocycles. The maximum Gasteiger partial charge on any atom is 0.0541 e. The van der Waals surface area contributed by atoms with E-state index in [1.165, 1.54) is 45.1 Å². The van der Waals surface area contributed by atoms with Crippen LogP contribution in [0.5, 0.6) is 0 Å². The minimum Gasteiger partial charge on any atom is -0.393 e. The first-order chi connectivity index (χ1) is 6.84. The number of hydrogen-bond donors (Lipinski definition) is 2. The summed E-state index contributed by atoms with van der Waals surface area (Å²) in [5, 5.41) is 13.0. The summed E-state index contributed by atoms with van der Waals surface area (Å²) < 4.78 is 0. The monoisotopic (exact) mass is 197 g/mol. The first-order valence-corrected chi connectivity index (χ1v) is 6.26. The van der Waals surface area contributed by atoms with Gasteiger partial charge in [-0.25, -0.2) is 0 Å². The fourth-order valence-electron chi connectivity index (χ4n) is 2.55. The second-order valence-electron chi connectivity index (χ2n) is 5.05. The SMILES string of the molecule is OC1CCC(NCCC2CCC2)CC1. The van der Waals surface area contributed by atoms with Crippen molar-refractivity contribution in [1.29, 1.82) is 0 Å². The number of hydrogen-bond acceptors (Lipinski definition) is 2. The highest BCUT2D eigenvalue weighted by Crippen LogP contribution is 2.29. The molecular formula is C12H23NO. The average Bonchev–Trinajstić information content (AvgIpc) is 2.12. The molecule has 0 bridgehead atoms. The van der Waals surface area contributed by atoms with Gasteiger partial charge in [0.2, 0.25) is 0 Å². The molecule has 0 radical (unpaired) electrons. The third-order valence-corrected chi connectivity index (χ3v) is 3.91. The van der Waals surface area contributed by atoms with Gasteiger partial charge in [0.05, 0.1) is 6.10 Å². The average molecular weight is 197 g/mol. The molecule has 0 aliphatic heterocycles. The molecule has 82 valence electrons. The fourth-order valence-corrected chi connectivity index (χ4v) is 2.55. The van der Waals surface area contributed by atoms with Crippen molar-refractivity contribution in [2.24, 2.45) is 5.92 Å². The zero-order valence-corrected chi connectivity index (χ0v) is 9.04. The van der Waals surface area contributed by atoms with Crippen LogP contribution in [0, 0.1) is 5.92 Å². The number of aliphatic hydroxyl groups is 1. The van der Waals surface area contributed by atoms with Crippen LogP contribution >= 0.6 is 0 Å². The summed E-state index contributed by atoms with van der Waals surface area (Å²) in [6.45, 7) is 1.20. The Bertz CT molecular complexity index is 160. The lowest BCUT2D eigenvalue weighted by Gasteiger charge is -2.29. The maximum absolute atomic E-state index is 9.36. The minimum absolute atomic E-state index is 0.0142. The van der Waals surface area contributed by atoms with Gasteiger partial charge in [-0.3, -0.25) is 0 Å². The van der Waals surface area contributed by atoms with E-state index in [-0.39, 0.29) is 6.10 Å². The van der Waals surface area contributed by atoms with Gasteiger partial charge in [0.1, 0.15) is 0 Å². The predicted octanol–water partition coefficient (Wildman–Crippen LogP) is 2.07. The summed E-state index contributed by atoms with van der Waals surface area (Å²) in [4.78, 5) is 0. The lowest BCUT2D eigenvalue weighted by atomic mass is 9.83. The van der Waals surface area contributed by atoms with E-state index in [0.717, 1.165) is 18.8 Å². The standard InChI is InChI=1S/C12H23NO/c14-12-6-4-11(5-7-12)13-9-8-10-2-1-3-10/h10-14H,1-9H2. The Labute approximate surface area is 87.1 Å². The van der Waals surface area contributed by atoms with Gasteiger partial charge in [-0.1, -0.05) is 19.3 Å². The quantitative estimate of drug-likeness (QED) is 0.723. The molecule has 0 spiro atoms. The van der Waals surface area contributed by atoms with E-state index in [0.29, 0.717) is 6.04 Å². The zero-order valence-electron chi connectivity index (χ0n) is 9.04. The highest BCUT2D eigenvalue weighted by molar-refractivity contribution is 4.77. The van der Waals surface area contributed by atoms with Crippen molar-refractivity contribution in [2.75, 3.05) is 6.54 Å². The van der Waals surface area contributed by atoms with Crippen LogP contribution in [-0.2, 0) is 0 Å². The van der Waals surface area contributed by atoms with Crippen molar-refractivity contribution >= 4 is 0 Å². The van der Waals surface area contributed by atoms with Crippen molar-refractivity contribution < 1.29 is 5.11 Å². The van der Waals surface area contributed by atoms with Crippen LogP contribution < -0.4 is 5.32 Å². The highest BCUT2D eigenvalue weighted by Gasteiger charge is 2.20. The summed E-state index contributed by atoms with van der Waals surface area (Å²) in [6, 6.07) is 0.693. The summed E-state index contributed by atoms with van der Waals surface area (Å²) in [6.07, 6.45) is 10.1. The number of aliphatic hydroxyl groups excluding tert-OH is 1. The van der Waals surface area contributed by atoms with Crippen molar-refractivity contribution in [3.63, 3.8) is 0 Å². The molecular weight excluding hydrogens is 174 g/mol. The van der Waals surface area contributed by atoms with Gasteiger partial charge in [-0.05, 0) is 44.6 Å². The summed E-state index contributed by atoms with van der Waals surface area (Å²) in [5.74, 6) is 1.02. The van der Waals surface area contributed by atoms with Gasteiger partial charge in [0.25, 0.3) is 0 Å². The van der Waals surface area contributed by atoms with Gasteiger partial charge in [0, 0.05) is 6.04 Å². The molecule has 0 aromatic carbocycles. The smallest absolute Gasteiger partial charge is 0.0541 e. The summed E-state index contributed by atoms with van der Waals surface area (Å²) in [5.41, 5.74) is 0. The second kappa shape index (κ2) is 5.13. The highest BCUT2D eigenvalue weighted by atomic mass is 16.3. The van der Waals surface area contributed by atoms with Crippen LogP contribution in [-0.4, -0.2) is 23.8 Å². The van der Waals surface area contributed by atoms with E-state index >= 15 is 0 Å². The van der Waals surface area contributed by atoms with Crippen LogP contribution in [0.3, 0.4) is 0 Å². The lowest BCUT2D eigenvalue weighted by molar-refractivity contribution is 0.116. The largest absolute Gasteiger partial charge is 0.393 e. The summed E-state index contributed by atoms with van der Waals surface area (Å²) in [7, 11) is 0. The van der Waals surface area contributed by atoms with E-state index < -0.39 is 0 Å². The fraction of sp³-hybridized carbons (Fsp3) is 1.00. The molecule has 0 aromatic rings. The molecule has 2 nitrogen and oxygen atoms in total.